The van der Waals surface area contributed by atoms with Crippen molar-refractivity contribution in [3.8, 4) is 0 Å². The summed E-state index contributed by atoms with van der Waals surface area (Å²) in [7, 11) is 0. The topological polar surface area (TPSA) is 44.4 Å². The van der Waals surface area contributed by atoms with Crippen molar-refractivity contribution < 1.29 is 4.79 Å². The van der Waals surface area contributed by atoms with Crippen LogP contribution in [0.25, 0.3) is 0 Å². The number of hydrogen-bond donors (Lipinski definition) is 2. The second-order valence-corrected chi connectivity index (χ2v) is 5.89. The predicted octanol–water partition coefficient (Wildman–Crippen LogP) is 2.94. The highest BCUT2D eigenvalue weighted by molar-refractivity contribution is 5.94. The molecule has 4 nitrogen and oxygen atoms in total. The van der Waals surface area contributed by atoms with Gasteiger partial charge in [0.05, 0.1) is 5.54 Å². The maximum Gasteiger partial charge on any atom is 0.322 e. The zero-order valence-electron chi connectivity index (χ0n) is 12.0. The van der Waals surface area contributed by atoms with E-state index in [2.05, 4.69) is 30.5 Å². The van der Waals surface area contributed by atoms with E-state index < -0.39 is 0 Å². The Morgan fingerprint density at radius 1 is 1.20 bits per heavy atom. The number of carbonyl (C=O) groups is 1. The van der Waals surface area contributed by atoms with Crippen LogP contribution in [0, 0.1) is 0 Å². The molecular formula is C15H22ClN3O. The van der Waals surface area contributed by atoms with Crippen LogP contribution in [0.2, 0.25) is 0 Å². The zero-order chi connectivity index (χ0) is 13.5. The van der Waals surface area contributed by atoms with Gasteiger partial charge < -0.3 is 15.5 Å². The van der Waals surface area contributed by atoms with Crippen molar-refractivity contribution in [2.24, 2.45) is 0 Å². The lowest BCUT2D eigenvalue weighted by atomic mass is 9.86. The van der Waals surface area contributed by atoms with E-state index in [1.165, 1.54) is 5.56 Å². The summed E-state index contributed by atoms with van der Waals surface area (Å²) >= 11 is 0. The van der Waals surface area contributed by atoms with Crippen molar-refractivity contribution in [1.82, 2.24) is 10.2 Å². The van der Waals surface area contributed by atoms with Crippen LogP contribution in [0.5, 0.6) is 0 Å². The molecule has 0 saturated carbocycles. The normalized spacial score (nSPS) is 21.7. The first-order valence-corrected chi connectivity index (χ1v) is 7.01. The Morgan fingerprint density at radius 2 is 1.85 bits per heavy atom. The van der Waals surface area contributed by atoms with Gasteiger partial charge in [0.1, 0.15) is 0 Å². The van der Waals surface area contributed by atoms with Crippen molar-refractivity contribution in [3.05, 3.63) is 29.8 Å². The number of urea groups is 1. The summed E-state index contributed by atoms with van der Waals surface area (Å²) in [5.41, 5.74) is 1.90. The van der Waals surface area contributed by atoms with E-state index in [1.807, 2.05) is 23.1 Å². The molecular weight excluding hydrogens is 274 g/mol. The first kappa shape index (κ1) is 15.1. The molecule has 0 radical (unpaired) electrons. The van der Waals surface area contributed by atoms with Gasteiger partial charge in [-0.3, -0.25) is 0 Å². The fraction of sp³-hybridized carbons (Fsp3) is 0.533. The monoisotopic (exact) mass is 295 g/mol. The van der Waals surface area contributed by atoms with E-state index in [-0.39, 0.29) is 24.0 Å². The third-order valence-corrected chi connectivity index (χ3v) is 4.32. The van der Waals surface area contributed by atoms with Gasteiger partial charge in [-0.15, -0.1) is 12.4 Å². The molecule has 2 N–H and O–H groups in total. The summed E-state index contributed by atoms with van der Waals surface area (Å²) in [6.07, 6.45) is 2.05. The molecule has 1 fully saturated rings. The highest BCUT2D eigenvalue weighted by atomic mass is 35.5. The SMILES string of the molecule is CC1(C)c2ccccc2NC(=O)N1C1CCNCC1.Cl. The molecule has 0 spiro atoms. The average molecular weight is 296 g/mol. The molecule has 0 atom stereocenters. The van der Waals surface area contributed by atoms with E-state index in [0.29, 0.717) is 6.04 Å². The molecule has 0 unspecified atom stereocenters. The molecule has 2 amide bonds. The van der Waals surface area contributed by atoms with Crippen LogP contribution >= 0.6 is 12.4 Å². The van der Waals surface area contributed by atoms with E-state index in [0.717, 1.165) is 31.6 Å². The molecule has 110 valence electrons. The van der Waals surface area contributed by atoms with Gasteiger partial charge in [0.25, 0.3) is 0 Å². The third-order valence-electron chi connectivity index (χ3n) is 4.32. The number of halogens is 1. The van der Waals surface area contributed by atoms with E-state index in [4.69, 9.17) is 0 Å². The van der Waals surface area contributed by atoms with Gasteiger partial charge in [-0.2, -0.15) is 0 Å². The Kier molecular flexibility index (Phi) is 4.25. The minimum atomic E-state index is -0.249. The summed E-state index contributed by atoms with van der Waals surface area (Å²) in [6.45, 7) is 6.28. The predicted molar refractivity (Wildman–Crippen MR) is 83.5 cm³/mol. The second-order valence-electron chi connectivity index (χ2n) is 5.89. The Morgan fingerprint density at radius 3 is 2.55 bits per heavy atom. The van der Waals surface area contributed by atoms with Crippen LogP contribution in [0.4, 0.5) is 10.5 Å². The van der Waals surface area contributed by atoms with Crippen LogP contribution in [-0.2, 0) is 5.54 Å². The van der Waals surface area contributed by atoms with Crippen molar-refractivity contribution in [3.63, 3.8) is 0 Å². The molecule has 1 aromatic carbocycles. The number of benzene rings is 1. The number of para-hydroxylation sites is 1. The molecule has 3 rings (SSSR count). The van der Waals surface area contributed by atoms with Gasteiger partial charge in [-0.1, -0.05) is 18.2 Å². The smallest absolute Gasteiger partial charge is 0.317 e. The number of piperidine rings is 1. The minimum Gasteiger partial charge on any atom is -0.317 e. The quantitative estimate of drug-likeness (QED) is 0.837. The maximum atomic E-state index is 12.5. The number of hydrogen-bond acceptors (Lipinski definition) is 2. The van der Waals surface area contributed by atoms with Crippen molar-refractivity contribution >= 4 is 24.1 Å². The summed E-state index contributed by atoms with van der Waals surface area (Å²) in [5.74, 6) is 0. The standard InChI is InChI=1S/C15H21N3O.ClH/c1-15(2)12-5-3-4-6-13(12)17-14(19)18(15)11-7-9-16-10-8-11;/h3-6,11,16H,7-10H2,1-2H3,(H,17,19);1H. The molecule has 5 heteroatoms. The molecule has 0 aliphatic carbocycles. The number of nitrogens with one attached hydrogen (secondary N) is 2. The number of anilines is 1. The highest BCUT2D eigenvalue weighted by Gasteiger charge is 2.42. The van der Waals surface area contributed by atoms with E-state index >= 15 is 0 Å². The molecule has 2 heterocycles. The van der Waals surface area contributed by atoms with Gasteiger partial charge in [0, 0.05) is 17.3 Å². The molecule has 2 aliphatic rings. The Bertz CT molecular complexity index is 498. The van der Waals surface area contributed by atoms with Gasteiger partial charge in [0.2, 0.25) is 0 Å². The lowest BCUT2D eigenvalue weighted by Crippen LogP contribution is -2.58. The van der Waals surface area contributed by atoms with Gasteiger partial charge >= 0.3 is 6.03 Å². The largest absolute Gasteiger partial charge is 0.322 e. The highest BCUT2D eigenvalue weighted by Crippen LogP contribution is 2.39. The Hall–Kier alpha value is -1.26. The average Bonchev–Trinajstić information content (AvgIpc) is 2.39. The zero-order valence-corrected chi connectivity index (χ0v) is 12.8. The number of rotatable bonds is 1. The summed E-state index contributed by atoms with van der Waals surface area (Å²) in [5, 5.41) is 6.39. The fourth-order valence-corrected chi connectivity index (χ4v) is 3.37. The summed E-state index contributed by atoms with van der Waals surface area (Å²) < 4.78 is 0. The van der Waals surface area contributed by atoms with Crippen molar-refractivity contribution in [2.75, 3.05) is 18.4 Å². The first-order chi connectivity index (χ1) is 9.10. The van der Waals surface area contributed by atoms with Crippen LogP contribution < -0.4 is 10.6 Å². The van der Waals surface area contributed by atoms with Crippen LogP contribution in [-0.4, -0.2) is 30.1 Å². The Labute approximate surface area is 126 Å². The van der Waals surface area contributed by atoms with Crippen LogP contribution in [0.15, 0.2) is 24.3 Å². The summed E-state index contributed by atoms with van der Waals surface area (Å²) in [6, 6.07) is 8.46. The van der Waals surface area contributed by atoms with Crippen molar-refractivity contribution in [1.29, 1.82) is 0 Å². The number of fused-ring (bicyclic) bond motifs is 1. The van der Waals surface area contributed by atoms with Gasteiger partial charge in [-0.25, -0.2) is 4.79 Å². The molecule has 0 aromatic heterocycles. The first-order valence-electron chi connectivity index (χ1n) is 7.01. The number of nitrogens with zero attached hydrogens (tertiary/aromatic N) is 1. The third kappa shape index (κ3) is 2.38. The van der Waals surface area contributed by atoms with E-state index in [1.54, 1.807) is 0 Å². The molecule has 1 saturated heterocycles. The van der Waals surface area contributed by atoms with Gasteiger partial charge in [-0.05, 0) is 45.8 Å². The lowest BCUT2D eigenvalue weighted by molar-refractivity contribution is 0.0868. The lowest BCUT2D eigenvalue weighted by Gasteiger charge is -2.48. The second kappa shape index (κ2) is 5.62. The maximum absolute atomic E-state index is 12.5. The van der Waals surface area contributed by atoms with Crippen molar-refractivity contribution in [2.45, 2.75) is 38.3 Å². The summed E-state index contributed by atoms with van der Waals surface area (Å²) in [4.78, 5) is 14.5. The molecule has 20 heavy (non-hydrogen) atoms. The molecule has 2 aliphatic heterocycles. The van der Waals surface area contributed by atoms with Gasteiger partial charge in [0.15, 0.2) is 0 Å². The molecule has 1 aromatic rings. The fourth-order valence-electron chi connectivity index (χ4n) is 3.37. The molecule has 0 bridgehead atoms. The number of carbonyl (C=O) groups excluding carboxylic acids is 1. The minimum absolute atomic E-state index is 0. The van der Waals surface area contributed by atoms with E-state index in [9.17, 15) is 4.79 Å². The van der Waals surface area contributed by atoms with Crippen LogP contribution in [0.3, 0.4) is 0 Å². The Balaban J connectivity index is 0.00000147. The van der Waals surface area contributed by atoms with Crippen LogP contribution in [0.1, 0.15) is 32.3 Å². The number of amides is 2.